The van der Waals surface area contributed by atoms with Crippen LogP contribution in [0.4, 0.5) is 0 Å². The van der Waals surface area contributed by atoms with Crippen LogP contribution in [0.2, 0.25) is 0 Å². The van der Waals surface area contributed by atoms with Crippen LogP contribution >= 0.6 is 12.2 Å². The number of hydrogen-bond donors (Lipinski definition) is 1. The first-order chi connectivity index (χ1) is 6.83. The van der Waals surface area contributed by atoms with Crippen LogP contribution in [0.1, 0.15) is 26.7 Å². The van der Waals surface area contributed by atoms with Gasteiger partial charge in [0.15, 0.2) is 0 Å². The molecule has 0 amide bonds. The standard InChI is InChI=1S/C9H18N2O2S2/c1-7(2)11(5-9(10)14)15(12,13)6-8-3-4-8/h7-8H,3-6H2,1-2H3,(H2,10,14). The maximum atomic E-state index is 12.0. The Bertz CT molecular complexity index is 334. The Hall–Kier alpha value is -0.200. The minimum atomic E-state index is -3.19. The van der Waals surface area contributed by atoms with Crippen molar-refractivity contribution in [2.24, 2.45) is 11.7 Å². The highest BCUT2D eigenvalue weighted by molar-refractivity contribution is 7.89. The number of sulfonamides is 1. The van der Waals surface area contributed by atoms with Crippen molar-refractivity contribution in [3.8, 4) is 0 Å². The zero-order valence-electron chi connectivity index (χ0n) is 9.14. The van der Waals surface area contributed by atoms with Crippen molar-refractivity contribution in [2.75, 3.05) is 12.3 Å². The Morgan fingerprint density at radius 3 is 2.40 bits per heavy atom. The molecule has 0 aliphatic heterocycles. The number of nitrogens with two attached hydrogens (primary N) is 1. The third-order valence-electron chi connectivity index (χ3n) is 2.39. The molecular formula is C9H18N2O2S2. The first kappa shape index (κ1) is 12.9. The van der Waals surface area contributed by atoms with Gasteiger partial charge < -0.3 is 5.73 Å². The topological polar surface area (TPSA) is 63.4 Å². The van der Waals surface area contributed by atoms with Crippen molar-refractivity contribution in [3.63, 3.8) is 0 Å². The Labute approximate surface area is 96.9 Å². The summed E-state index contributed by atoms with van der Waals surface area (Å²) in [4.78, 5) is 0.225. The summed E-state index contributed by atoms with van der Waals surface area (Å²) in [5.41, 5.74) is 5.40. The Kier molecular flexibility index (Phi) is 4.08. The molecule has 1 aliphatic rings. The SMILES string of the molecule is CC(C)N(CC(N)=S)S(=O)(=O)CC1CC1. The van der Waals surface area contributed by atoms with Crippen LogP contribution in [0.15, 0.2) is 0 Å². The monoisotopic (exact) mass is 250 g/mol. The lowest BCUT2D eigenvalue weighted by Crippen LogP contribution is -2.43. The van der Waals surface area contributed by atoms with Crippen LogP contribution in [0.5, 0.6) is 0 Å². The third kappa shape index (κ3) is 4.04. The van der Waals surface area contributed by atoms with E-state index in [2.05, 4.69) is 0 Å². The summed E-state index contributed by atoms with van der Waals surface area (Å²) in [5.74, 6) is 0.593. The molecule has 0 aromatic heterocycles. The summed E-state index contributed by atoms with van der Waals surface area (Å²) in [6, 6.07) is -0.0877. The molecule has 0 aromatic rings. The van der Waals surface area contributed by atoms with Gasteiger partial charge in [0, 0.05) is 6.04 Å². The second kappa shape index (κ2) is 4.76. The van der Waals surface area contributed by atoms with Crippen molar-refractivity contribution in [3.05, 3.63) is 0 Å². The van der Waals surface area contributed by atoms with Gasteiger partial charge in [0.1, 0.15) is 0 Å². The third-order valence-corrected chi connectivity index (χ3v) is 4.68. The molecular weight excluding hydrogens is 232 g/mol. The van der Waals surface area contributed by atoms with Crippen LogP contribution in [-0.2, 0) is 10.0 Å². The molecule has 0 spiro atoms. The Balaban J connectivity index is 2.71. The number of hydrogen-bond acceptors (Lipinski definition) is 3. The average Bonchev–Trinajstić information content (AvgIpc) is 2.82. The molecule has 1 aliphatic carbocycles. The summed E-state index contributed by atoms with van der Waals surface area (Å²) >= 11 is 4.76. The van der Waals surface area contributed by atoms with E-state index in [0.717, 1.165) is 12.8 Å². The van der Waals surface area contributed by atoms with Gasteiger partial charge in [-0.25, -0.2) is 8.42 Å². The van der Waals surface area contributed by atoms with E-state index in [0.29, 0.717) is 5.92 Å². The molecule has 0 aromatic carbocycles. The van der Waals surface area contributed by atoms with Gasteiger partial charge in [0.05, 0.1) is 17.3 Å². The highest BCUT2D eigenvalue weighted by atomic mass is 32.2. The van der Waals surface area contributed by atoms with E-state index < -0.39 is 10.0 Å². The molecule has 6 heteroatoms. The maximum Gasteiger partial charge on any atom is 0.214 e. The van der Waals surface area contributed by atoms with Crippen molar-refractivity contribution >= 4 is 27.2 Å². The molecule has 0 heterocycles. The second-order valence-electron chi connectivity index (χ2n) is 4.33. The molecule has 4 nitrogen and oxygen atoms in total. The lowest BCUT2D eigenvalue weighted by molar-refractivity contribution is 0.389. The van der Waals surface area contributed by atoms with Crippen molar-refractivity contribution in [1.29, 1.82) is 0 Å². The summed E-state index contributed by atoms with van der Waals surface area (Å²) in [6.45, 7) is 3.83. The minimum Gasteiger partial charge on any atom is -0.392 e. The van der Waals surface area contributed by atoms with Gasteiger partial charge in [-0.15, -0.1) is 0 Å². The first-order valence-corrected chi connectivity index (χ1v) is 7.12. The van der Waals surface area contributed by atoms with E-state index in [1.54, 1.807) is 0 Å². The molecule has 0 radical (unpaired) electrons. The van der Waals surface area contributed by atoms with E-state index in [-0.39, 0.29) is 23.3 Å². The van der Waals surface area contributed by atoms with Crippen molar-refractivity contribution in [1.82, 2.24) is 4.31 Å². The summed E-state index contributed by atoms with van der Waals surface area (Å²) in [6.07, 6.45) is 2.05. The molecule has 1 saturated carbocycles. The lowest BCUT2D eigenvalue weighted by atomic mass is 10.4. The largest absolute Gasteiger partial charge is 0.392 e. The molecule has 0 bridgehead atoms. The molecule has 1 rings (SSSR count). The molecule has 0 unspecified atom stereocenters. The molecule has 1 fully saturated rings. The summed E-state index contributed by atoms with van der Waals surface area (Å²) in [7, 11) is -3.19. The molecule has 15 heavy (non-hydrogen) atoms. The predicted molar refractivity (Wildman–Crippen MR) is 65.1 cm³/mol. The predicted octanol–water partition coefficient (Wildman–Crippen LogP) is 0.723. The van der Waals surface area contributed by atoms with Crippen LogP contribution in [0.25, 0.3) is 0 Å². The number of nitrogens with zero attached hydrogens (tertiary/aromatic N) is 1. The van der Waals surface area contributed by atoms with Gasteiger partial charge >= 0.3 is 0 Å². The fraction of sp³-hybridized carbons (Fsp3) is 0.889. The fourth-order valence-corrected chi connectivity index (χ4v) is 3.75. The summed E-state index contributed by atoms with van der Waals surface area (Å²) in [5, 5.41) is 0. The zero-order valence-corrected chi connectivity index (χ0v) is 10.8. The van der Waals surface area contributed by atoms with E-state index in [1.165, 1.54) is 4.31 Å². The van der Waals surface area contributed by atoms with Gasteiger partial charge in [0.2, 0.25) is 10.0 Å². The smallest absolute Gasteiger partial charge is 0.214 e. The van der Waals surface area contributed by atoms with Crippen LogP contribution in [-0.4, -0.2) is 36.1 Å². The lowest BCUT2D eigenvalue weighted by Gasteiger charge is -2.25. The van der Waals surface area contributed by atoms with Crippen LogP contribution in [0.3, 0.4) is 0 Å². The molecule has 2 N–H and O–H groups in total. The van der Waals surface area contributed by atoms with Crippen molar-refractivity contribution in [2.45, 2.75) is 32.7 Å². The van der Waals surface area contributed by atoms with Gasteiger partial charge in [-0.1, -0.05) is 12.2 Å². The van der Waals surface area contributed by atoms with Gasteiger partial charge in [-0.2, -0.15) is 4.31 Å². The highest BCUT2D eigenvalue weighted by Gasteiger charge is 2.33. The number of rotatable bonds is 6. The fourth-order valence-electron chi connectivity index (χ4n) is 1.43. The highest BCUT2D eigenvalue weighted by Crippen LogP contribution is 2.31. The first-order valence-electron chi connectivity index (χ1n) is 5.10. The molecule has 88 valence electrons. The van der Waals surface area contributed by atoms with Gasteiger partial charge in [-0.3, -0.25) is 0 Å². The number of thiocarbonyl (C=S) groups is 1. The quantitative estimate of drug-likeness (QED) is 0.706. The zero-order chi connectivity index (χ0) is 11.6. The Morgan fingerprint density at radius 1 is 1.53 bits per heavy atom. The van der Waals surface area contributed by atoms with E-state index >= 15 is 0 Å². The summed E-state index contributed by atoms with van der Waals surface area (Å²) < 4.78 is 25.3. The van der Waals surface area contributed by atoms with E-state index in [9.17, 15) is 8.42 Å². The van der Waals surface area contributed by atoms with E-state index in [4.69, 9.17) is 18.0 Å². The molecule has 0 saturated heterocycles. The second-order valence-corrected chi connectivity index (χ2v) is 6.82. The normalized spacial score (nSPS) is 17.3. The Morgan fingerprint density at radius 2 is 2.07 bits per heavy atom. The molecule has 0 atom stereocenters. The van der Waals surface area contributed by atoms with Crippen LogP contribution in [0, 0.1) is 5.92 Å². The average molecular weight is 250 g/mol. The minimum absolute atomic E-state index is 0.0877. The van der Waals surface area contributed by atoms with Crippen LogP contribution < -0.4 is 5.73 Å². The van der Waals surface area contributed by atoms with Gasteiger partial charge in [-0.05, 0) is 32.6 Å². The van der Waals surface area contributed by atoms with Crippen molar-refractivity contribution < 1.29 is 8.42 Å². The van der Waals surface area contributed by atoms with E-state index in [1.807, 2.05) is 13.8 Å². The maximum absolute atomic E-state index is 12.0. The van der Waals surface area contributed by atoms with Gasteiger partial charge in [0.25, 0.3) is 0 Å².